The van der Waals surface area contributed by atoms with Crippen molar-refractivity contribution in [1.82, 2.24) is 4.98 Å². The molecule has 5 aromatic rings. The van der Waals surface area contributed by atoms with Crippen molar-refractivity contribution in [2.75, 3.05) is 11.1 Å². The van der Waals surface area contributed by atoms with Crippen LogP contribution in [-0.4, -0.2) is 10.9 Å². The number of aryl methyl sites for hydroxylation is 1. The summed E-state index contributed by atoms with van der Waals surface area (Å²) in [7, 11) is 0. The molecule has 5 rings (SSSR count). The number of nitrogens with one attached hydrogen (secondary N) is 1. The van der Waals surface area contributed by atoms with E-state index < -0.39 is 0 Å². The number of anilines is 2. The van der Waals surface area contributed by atoms with E-state index in [4.69, 9.17) is 15.1 Å². The van der Waals surface area contributed by atoms with Crippen molar-refractivity contribution >= 4 is 38.8 Å². The average molecular weight is 440 g/mol. The number of hydrogen-bond donors (Lipinski definition) is 2. The van der Waals surface area contributed by atoms with Crippen molar-refractivity contribution in [2.24, 2.45) is 0 Å². The quantitative estimate of drug-likeness (QED) is 0.322. The molecule has 3 N–H and O–H groups in total. The lowest BCUT2D eigenvalue weighted by atomic mass is 10.0. The molecule has 5 nitrogen and oxygen atoms in total. The highest BCUT2D eigenvalue weighted by molar-refractivity contribution is 7.21. The molecule has 1 amide bonds. The van der Waals surface area contributed by atoms with E-state index in [9.17, 15) is 4.79 Å². The van der Waals surface area contributed by atoms with E-state index in [-0.39, 0.29) is 5.91 Å². The predicted molar refractivity (Wildman–Crippen MR) is 131 cm³/mol. The fraction of sp³-hybridized carbons (Fsp3) is 0.0769. The van der Waals surface area contributed by atoms with Crippen LogP contribution in [0.2, 0.25) is 0 Å². The maximum atomic E-state index is 13.1. The molecule has 0 fully saturated rings. The molecule has 32 heavy (non-hydrogen) atoms. The van der Waals surface area contributed by atoms with Gasteiger partial charge in [0.25, 0.3) is 5.91 Å². The number of thiophene rings is 1. The van der Waals surface area contributed by atoms with Crippen molar-refractivity contribution in [3.63, 3.8) is 0 Å². The molecule has 0 spiro atoms. The first-order valence-electron chi connectivity index (χ1n) is 10.4. The minimum Gasteiger partial charge on any atom is -0.464 e. The van der Waals surface area contributed by atoms with Crippen molar-refractivity contribution in [2.45, 2.75) is 13.3 Å². The zero-order valence-electron chi connectivity index (χ0n) is 17.5. The van der Waals surface area contributed by atoms with Gasteiger partial charge in [-0.2, -0.15) is 0 Å². The lowest BCUT2D eigenvalue weighted by Crippen LogP contribution is -2.11. The third kappa shape index (κ3) is 3.65. The van der Waals surface area contributed by atoms with Gasteiger partial charge in [0.1, 0.15) is 15.5 Å². The minimum absolute atomic E-state index is 0.249. The molecule has 3 heterocycles. The molecule has 0 atom stereocenters. The molecule has 3 aromatic heterocycles. The van der Waals surface area contributed by atoms with Crippen molar-refractivity contribution in [3.05, 3.63) is 89.5 Å². The Labute approximate surface area is 189 Å². The van der Waals surface area contributed by atoms with Gasteiger partial charge in [-0.15, -0.1) is 11.3 Å². The Morgan fingerprint density at radius 1 is 1.06 bits per heavy atom. The molecule has 0 aliphatic carbocycles. The number of furan rings is 1. The van der Waals surface area contributed by atoms with Crippen LogP contribution in [-0.2, 0) is 6.42 Å². The third-order valence-corrected chi connectivity index (χ3v) is 6.48. The van der Waals surface area contributed by atoms with Crippen LogP contribution in [0.4, 0.5) is 11.4 Å². The molecule has 158 valence electrons. The number of aromatic nitrogens is 1. The van der Waals surface area contributed by atoms with Gasteiger partial charge in [0.05, 0.1) is 17.6 Å². The number of carbonyl (C=O) groups excluding carboxylic acids is 1. The van der Waals surface area contributed by atoms with E-state index in [0.717, 1.165) is 34.3 Å². The van der Waals surface area contributed by atoms with Gasteiger partial charge in [0, 0.05) is 22.2 Å². The first-order valence-corrected chi connectivity index (χ1v) is 11.2. The Hall–Kier alpha value is -3.90. The summed E-state index contributed by atoms with van der Waals surface area (Å²) < 4.78 is 5.68. The summed E-state index contributed by atoms with van der Waals surface area (Å²) in [5.41, 5.74) is 11.5. The molecule has 0 bridgehead atoms. The average Bonchev–Trinajstić information content (AvgIpc) is 3.48. The zero-order chi connectivity index (χ0) is 22.1. The van der Waals surface area contributed by atoms with E-state index in [1.165, 1.54) is 16.9 Å². The first-order chi connectivity index (χ1) is 15.6. The Bertz CT molecular complexity index is 1390. The number of pyridine rings is 1. The Balaban J connectivity index is 1.61. The number of rotatable bonds is 5. The summed E-state index contributed by atoms with van der Waals surface area (Å²) in [6, 6.07) is 23.4. The fourth-order valence-corrected chi connectivity index (χ4v) is 4.70. The topological polar surface area (TPSA) is 81.2 Å². The Morgan fingerprint density at radius 2 is 1.84 bits per heavy atom. The normalized spacial score (nSPS) is 11.0. The van der Waals surface area contributed by atoms with Crippen molar-refractivity contribution in [1.29, 1.82) is 0 Å². The van der Waals surface area contributed by atoms with Gasteiger partial charge in [-0.1, -0.05) is 49.4 Å². The number of carbonyl (C=O) groups is 1. The lowest BCUT2D eigenvalue weighted by Gasteiger charge is -2.07. The molecule has 0 saturated heterocycles. The smallest absolute Gasteiger partial charge is 0.267 e. The van der Waals surface area contributed by atoms with Gasteiger partial charge in [0.2, 0.25) is 0 Å². The molecule has 0 aliphatic rings. The van der Waals surface area contributed by atoms with Crippen LogP contribution in [0.5, 0.6) is 0 Å². The van der Waals surface area contributed by atoms with Gasteiger partial charge >= 0.3 is 0 Å². The van der Waals surface area contributed by atoms with Gasteiger partial charge in [-0.25, -0.2) is 4.98 Å². The highest BCUT2D eigenvalue weighted by Crippen LogP contribution is 2.41. The summed E-state index contributed by atoms with van der Waals surface area (Å²) in [5.74, 6) is 0.433. The highest BCUT2D eigenvalue weighted by Gasteiger charge is 2.22. The van der Waals surface area contributed by atoms with E-state index in [0.29, 0.717) is 21.2 Å². The number of nitrogen functional groups attached to an aromatic ring is 1. The maximum Gasteiger partial charge on any atom is 0.267 e. The van der Waals surface area contributed by atoms with Crippen LogP contribution >= 0.6 is 11.3 Å². The van der Waals surface area contributed by atoms with Gasteiger partial charge in [0.15, 0.2) is 0 Å². The van der Waals surface area contributed by atoms with Crippen LogP contribution in [0.25, 0.3) is 32.8 Å². The second kappa shape index (κ2) is 8.32. The summed E-state index contributed by atoms with van der Waals surface area (Å²) in [6.07, 6.45) is 2.57. The molecule has 0 aliphatic heterocycles. The molecule has 0 unspecified atom stereocenters. The van der Waals surface area contributed by atoms with E-state index in [1.54, 1.807) is 6.26 Å². The molecule has 0 saturated carbocycles. The van der Waals surface area contributed by atoms with Crippen LogP contribution in [0.1, 0.15) is 22.2 Å². The number of amides is 1. The molecular formula is C26H21N3O2S. The van der Waals surface area contributed by atoms with E-state index in [1.807, 2.05) is 72.8 Å². The third-order valence-electron chi connectivity index (χ3n) is 5.38. The van der Waals surface area contributed by atoms with Gasteiger partial charge in [-0.3, -0.25) is 4.79 Å². The van der Waals surface area contributed by atoms with Gasteiger partial charge < -0.3 is 15.5 Å². The summed E-state index contributed by atoms with van der Waals surface area (Å²) in [4.78, 5) is 19.0. The predicted octanol–water partition coefficient (Wildman–Crippen LogP) is 6.62. The van der Waals surface area contributed by atoms with Crippen molar-refractivity contribution < 1.29 is 9.21 Å². The molecule has 0 radical (unpaired) electrons. The minimum atomic E-state index is -0.249. The second-order valence-electron chi connectivity index (χ2n) is 7.43. The van der Waals surface area contributed by atoms with Crippen molar-refractivity contribution in [3.8, 4) is 22.6 Å². The molecule has 2 aromatic carbocycles. The van der Waals surface area contributed by atoms with Crippen LogP contribution in [0.3, 0.4) is 0 Å². The molecule has 6 heteroatoms. The second-order valence-corrected chi connectivity index (χ2v) is 8.43. The monoisotopic (exact) mass is 439 g/mol. The summed E-state index contributed by atoms with van der Waals surface area (Å²) >= 11 is 1.29. The van der Waals surface area contributed by atoms with E-state index in [2.05, 4.69) is 12.2 Å². The van der Waals surface area contributed by atoms with Crippen LogP contribution in [0, 0.1) is 0 Å². The van der Waals surface area contributed by atoms with Gasteiger partial charge in [-0.05, 0) is 42.3 Å². The summed E-state index contributed by atoms with van der Waals surface area (Å²) in [6.45, 7) is 2.10. The number of nitrogens with two attached hydrogens (primary N) is 1. The number of nitrogens with zero attached hydrogens (tertiary/aromatic N) is 1. The largest absolute Gasteiger partial charge is 0.464 e. The number of fused-ring (bicyclic) bond motifs is 1. The van der Waals surface area contributed by atoms with Crippen LogP contribution in [0.15, 0.2) is 83.5 Å². The highest BCUT2D eigenvalue weighted by atomic mass is 32.1. The SMILES string of the molecule is CCc1ccc(NC(=O)c2sc3nc(-c4ccccc4)cc(-c4ccco4)c3c2N)cc1. The maximum absolute atomic E-state index is 13.1. The molecular weight excluding hydrogens is 418 g/mol. The Morgan fingerprint density at radius 3 is 2.53 bits per heavy atom. The first kappa shape index (κ1) is 20.0. The zero-order valence-corrected chi connectivity index (χ0v) is 18.3. The Kier molecular flexibility index (Phi) is 5.21. The standard InChI is InChI=1S/C26H21N3O2S/c1-2-16-10-12-18(13-11-16)28-25(30)24-23(27)22-19(21-9-6-14-31-21)15-20(29-26(22)32-24)17-7-4-3-5-8-17/h3-15H,2,27H2,1H3,(H,28,30). The number of hydrogen-bond acceptors (Lipinski definition) is 5. The summed E-state index contributed by atoms with van der Waals surface area (Å²) in [5, 5.41) is 3.68. The van der Waals surface area contributed by atoms with E-state index >= 15 is 0 Å². The number of benzene rings is 2. The van der Waals surface area contributed by atoms with Crippen LogP contribution < -0.4 is 11.1 Å². The fourth-order valence-electron chi connectivity index (χ4n) is 3.68. The lowest BCUT2D eigenvalue weighted by molar-refractivity contribution is 0.103.